The van der Waals surface area contributed by atoms with Gasteiger partial charge in [-0.15, -0.1) is 0 Å². The molecule has 0 unspecified atom stereocenters. The molecule has 1 saturated carbocycles. The second kappa shape index (κ2) is 6.64. The molecule has 0 atom stereocenters. The molecule has 0 spiro atoms. The van der Waals surface area contributed by atoms with Gasteiger partial charge in [-0.05, 0) is 31.0 Å². The van der Waals surface area contributed by atoms with E-state index in [1.54, 1.807) is 6.07 Å². The highest BCUT2D eigenvalue weighted by molar-refractivity contribution is 6.40. The van der Waals surface area contributed by atoms with Gasteiger partial charge in [0.1, 0.15) is 17.6 Å². The minimum absolute atomic E-state index is 0.0534. The van der Waals surface area contributed by atoms with E-state index in [0.717, 1.165) is 12.1 Å². The van der Waals surface area contributed by atoms with Gasteiger partial charge < -0.3 is 15.0 Å². The smallest absolute Gasteiger partial charge is 0.377 e. The Balaban J connectivity index is 2.03. The third-order valence-electron chi connectivity index (χ3n) is 4.33. The summed E-state index contributed by atoms with van der Waals surface area (Å²) in [6.07, 6.45) is 1.31. The van der Waals surface area contributed by atoms with Crippen LogP contribution < -0.4 is 5.32 Å². The van der Waals surface area contributed by atoms with E-state index in [2.05, 4.69) is 5.32 Å². The van der Waals surface area contributed by atoms with Gasteiger partial charge in [0.2, 0.25) is 0 Å². The summed E-state index contributed by atoms with van der Waals surface area (Å²) in [5.41, 5.74) is -1.21. The minimum Gasteiger partial charge on any atom is -0.475 e. The summed E-state index contributed by atoms with van der Waals surface area (Å²) in [4.78, 5) is 35.5. The van der Waals surface area contributed by atoms with Crippen molar-refractivity contribution < 1.29 is 28.3 Å². The summed E-state index contributed by atoms with van der Waals surface area (Å²) >= 11 is 0. The summed E-state index contributed by atoms with van der Waals surface area (Å²) < 4.78 is 29.4. The summed E-state index contributed by atoms with van der Waals surface area (Å²) in [5.74, 6) is -6.36. The quantitative estimate of drug-likeness (QED) is 0.618. The molecule has 0 aliphatic heterocycles. The van der Waals surface area contributed by atoms with Crippen LogP contribution in [0.2, 0.25) is 0 Å². The van der Waals surface area contributed by atoms with Crippen LogP contribution in [-0.2, 0) is 11.8 Å². The minimum atomic E-state index is -1.81. The zero-order valence-electron chi connectivity index (χ0n) is 14.0. The Morgan fingerprint density at radius 3 is 2.52 bits per heavy atom. The molecule has 1 aromatic heterocycles. The highest BCUT2D eigenvalue weighted by Gasteiger charge is 2.39. The number of ketones is 1. The Labute approximate surface area is 151 Å². The topological polar surface area (TPSA) is 112 Å². The van der Waals surface area contributed by atoms with Gasteiger partial charge in [-0.1, -0.05) is 0 Å². The largest absolute Gasteiger partial charge is 0.475 e. The Kier molecular flexibility index (Phi) is 4.49. The average molecular weight is 373 g/mol. The van der Waals surface area contributed by atoms with Gasteiger partial charge in [0.05, 0.1) is 11.1 Å². The monoisotopic (exact) mass is 373 g/mol. The Morgan fingerprint density at radius 1 is 1.30 bits per heavy atom. The summed E-state index contributed by atoms with van der Waals surface area (Å²) in [7, 11) is 1.37. The lowest BCUT2D eigenvalue weighted by atomic mass is 10.1. The van der Waals surface area contributed by atoms with Gasteiger partial charge in [-0.2, -0.15) is 5.26 Å². The van der Waals surface area contributed by atoms with Crippen LogP contribution >= 0.6 is 0 Å². The highest BCUT2D eigenvalue weighted by atomic mass is 19.1. The number of carboxylic acid groups (broad SMARTS) is 1. The van der Waals surface area contributed by atoms with Crippen molar-refractivity contribution in [2.75, 3.05) is 5.32 Å². The molecule has 2 aromatic rings. The van der Waals surface area contributed by atoms with E-state index in [9.17, 15) is 23.2 Å². The van der Waals surface area contributed by atoms with E-state index in [0.29, 0.717) is 12.8 Å². The lowest BCUT2D eigenvalue weighted by molar-refractivity contribution is -0.131. The van der Waals surface area contributed by atoms with Crippen molar-refractivity contribution in [3.63, 3.8) is 0 Å². The second-order valence-corrected chi connectivity index (χ2v) is 6.15. The molecule has 1 amide bonds. The molecule has 1 fully saturated rings. The molecule has 138 valence electrons. The normalized spacial score (nSPS) is 13.1. The van der Waals surface area contributed by atoms with Crippen LogP contribution in [0.1, 0.15) is 50.9 Å². The van der Waals surface area contributed by atoms with E-state index in [-0.39, 0.29) is 22.9 Å². The number of Topliss-reactive ketones (excluding diaryl/α,β-unsaturated/α-hetero) is 1. The van der Waals surface area contributed by atoms with Crippen molar-refractivity contribution in [3.05, 3.63) is 52.3 Å². The van der Waals surface area contributed by atoms with E-state index >= 15 is 0 Å². The first-order valence-corrected chi connectivity index (χ1v) is 7.93. The number of carboxylic acids is 1. The molecule has 3 rings (SSSR count). The SMILES string of the molecule is Cn1c(C(=O)Nc2ccc(F)c(C#N)c2)c(F)c(C(=O)C(=O)O)c1C1CC1. The Bertz CT molecular complexity index is 1030. The Hall–Kier alpha value is -3.54. The fourth-order valence-corrected chi connectivity index (χ4v) is 2.95. The lowest BCUT2D eigenvalue weighted by Crippen LogP contribution is -2.18. The van der Waals surface area contributed by atoms with Gasteiger partial charge in [-0.3, -0.25) is 9.59 Å². The number of carbonyl (C=O) groups excluding carboxylic acids is 2. The van der Waals surface area contributed by atoms with Crippen LogP contribution in [0.4, 0.5) is 14.5 Å². The molecule has 0 bridgehead atoms. The predicted molar refractivity (Wildman–Crippen MR) is 88.4 cm³/mol. The number of nitrogens with one attached hydrogen (secondary N) is 1. The van der Waals surface area contributed by atoms with Crippen molar-refractivity contribution >= 4 is 23.3 Å². The zero-order valence-corrected chi connectivity index (χ0v) is 14.0. The van der Waals surface area contributed by atoms with Gasteiger partial charge in [0.15, 0.2) is 5.82 Å². The van der Waals surface area contributed by atoms with Crippen molar-refractivity contribution in [3.8, 4) is 6.07 Å². The number of halogens is 2. The number of rotatable bonds is 5. The number of carbonyl (C=O) groups is 3. The number of nitriles is 1. The lowest BCUT2D eigenvalue weighted by Gasteiger charge is -2.09. The van der Waals surface area contributed by atoms with Gasteiger partial charge in [-0.25, -0.2) is 13.6 Å². The van der Waals surface area contributed by atoms with E-state index in [1.165, 1.54) is 17.7 Å². The van der Waals surface area contributed by atoms with Crippen LogP contribution in [0.15, 0.2) is 18.2 Å². The first-order chi connectivity index (χ1) is 12.8. The predicted octanol–water partition coefficient (Wildman–Crippen LogP) is 2.57. The van der Waals surface area contributed by atoms with Crippen molar-refractivity contribution in [2.45, 2.75) is 18.8 Å². The standard InChI is InChI=1S/C18H13F2N3O4/c1-23-14(8-2-3-8)12(16(24)18(26)27)13(20)15(23)17(25)22-10-4-5-11(19)9(6-10)7-21/h4-6,8H,2-3H2,1H3,(H,22,25)(H,26,27). The average Bonchev–Trinajstić information content (AvgIpc) is 3.41. The van der Waals surface area contributed by atoms with Crippen LogP contribution in [0.5, 0.6) is 0 Å². The zero-order chi connectivity index (χ0) is 19.9. The van der Waals surface area contributed by atoms with Crippen molar-refractivity contribution in [1.29, 1.82) is 5.26 Å². The molecule has 0 radical (unpaired) electrons. The molecule has 7 nitrogen and oxygen atoms in total. The summed E-state index contributed by atoms with van der Waals surface area (Å²) in [6, 6.07) is 4.87. The number of hydrogen-bond acceptors (Lipinski definition) is 4. The maximum atomic E-state index is 14.8. The number of benzene rings is 1. The molecule has 1 aromatic carbocycles. The molecular formula is C18H13F2N3O4. The Morgan fingerprint density at radius 2 is 1.96 bits per heavy atom. The number of aromatic nitrogens is 1. The third-order valence-corrected chi connectivity index (χ3v) is 4.33. The first-order valence-electron chi connectivity index (χ1n) is 7.93. The molecule has 9 heteroatoms. The number of nitrogens with zero attached hydrogens (tertiary/aromatic N) is 2. The van der Waals surface area contributed by atoms with Crippen LogP contribution in [0.3, 0.4) is 0 Å². The number of amides is 1. The van der Waals surface area contributed by atoms with Crippen molar-refractivity contribution in [1.82, 2.24) is 4.57 Å². The van der Waals surface area contributed by atoms with E-state index < -0.39 is 40.6 Å². The van der Waals surface area contributed by atoms with Gasteiger partial charge in [0, 0.05) is 24.3 Å². The van der Waals surface area contributed by atoms with Crippen molar-refractivity contribution in [2.24, 2.45) is 7.05 Å². The fraction of sp³-hybridized carbons (Fsp3) is 0.222. The van der Waals surface area contributed by atoms with Crippen LogP contribution in [0, 0.1) is 23.0 Å². The van der Waals surface area contributed by atoms with Crippen LogP contribution in [-0.4, -0.2) is 27.3 Å². The van der Waals surface area contributed by atoms with E-state index in [1.807, 2.05) is 0 Å². The third kappa shape index (κ3) is 3.17. The highest BCUT2D eigenvalue weighted by Crippen LogP contribution is 2.43. The maximum Gasteiger partial charge on any atom is 0.377 e. The number of hydrogen-bond donors (Lipinski definition) is 2. The van der Waals surface area contributed by atoms with Crippen LogP contribution in [0.25, 0.3) is 0 Å². The fourth-order valence-electron chi connectivity index (χ4n) is 2.95. The number of anilines is 1. The van der Waals surface area contributed by atoms with E-state index in [4.69, 9.17) is 10.4 Å². The maximum absolute atomic E-state index is 14.8. The molecule has 2 N–H and O–H groups in total. The molecular weight excluding hydrogens is 360 g/mol. The van der Waals surface area contributed by atoms with Gasteiger partial charge >= 0.3 is 5.97 Å². The molecule has 0 saturated heterocycles. The second-order valence-electron chi connectivity index (χ2n) is 6.15. The molecule has 1 aliphatic carbocycles. The summed E-state index contributed by atoms with van der Waals surface area (Å²) in [5, 5.41) is 20.1. The van der Waals surface area contributed by atoms with Gasteiger partial charge in [0.25, 0.3) is 11.7 Å². The molecule has 1 aliphatic rings. The molecule has 27 heavy (non-hydrogen) atoms. The molecule has 1 heterocycles. The number of aliphatic carboxylic acids is 1. The first kappa shape index (κ1) is 18.3. The summed E-state index contributed by atoms with van der Waals surface area (Å²) in [6.45, 7) is 0.